The molecule has 1 saturated heterocycles. The Morgan fingerprint density at radius 3 is 2.86 bits per heavy atom. The fourth-order valence-electron chi connectivity index (χ4n) is 7.49. The van der Waals surface area contributed by atoms with Gasteiger partial charge in [0.05, 0.1) is 18.8 Å². The number of likely N-dealkylation sites (tertiary alicyclic amines) is 1. The van der Waals surface area contributed by atoms with E-state index >= 15 is 0 Å². The van der Waals surface area contributed by atoms with Crippen LogP contribution in [0.4, 0.5) is 10.5 Å². The molecule has 6 rings (SSSR count). The lowest BCUT2D eigenvalue weighted by molar-refractivity contribution is -0.0137. The number of carbonyl (C=O) groups excluding carboxylic acids is 1. The maximum Gasteiger partial charge on any atom is 0.410 e. The highest BCUT2D eigenvalue weighted by atomic mass is 16.6. The number of piperidine rings is 1. The van der Waals surface area contributed by atoms with E-state index in [1.54, 1.807) is 0 Å². The van der Waals surface area contributed by atoms with Crippen LogP contribution in [0, 0.1) is 5.92 Å². The lowest BCUT2D eigenvalue weighted by atomic mass is 9.52. The number of anilines is 1. The van der Waals surface area contributed by atoms with Gasteiger partial charge in [0.2, 0.25) is 0 Å². The molecule has 198 valence electrons. The van der Waals surface area contributed by atoms with Gasteiger partial charge in [-0.2, -0.15) is 0 Å². The Kier molecular flexibility index (Phi) is 6.68. The largest absolute Gasteiger partial charge is 0.490 e. The summed E-state index contributed by atoms with van der Waals surface area (Å²) in [5.41, 5.74) is 5.14. The Hall–Kier alpha value is -2.89. The molecule has 0 N–H and O–H groups in total. The van der Waals surface area contributed by atoms with Crippen molar-refractivity contribution in [3.8, 4) is 11.5 Å². The number of hydrogen-bond acceptors (Lipinski definition) is 5. The normalized spacial score (nSPS) is 25.9. The van der Waals surface area contributed by atoms with Crippen LogP contribution in [0.5, 0.6) is 11.5 Å². The molecule has 0 aromatic heterocycles. The van der Waals surface area contributed by atoms with Crippen molar-refractivity contribution in [2.75, 3.05) is 38.3 Å². The van der Waals surface area contributed by atoms with Crippen molar-refractivity contribution in [1.29, 1.82) is 0 Å². The average Bonchev–Trinajstić information content (AvgIpc) is 2.93. The number of carbonyl (C=O) groups is 1. The first kappa shape index (κ1) is 24.4. The molecule has 6 heteroatoms. The standard InChI is InChI=1S/C31H40N2O4/c1-3-4-17-35-27-20-25-23(28-29(27)36-18-16-32(28)2)19-26-24-12-8-9-13-31(24,25)14-15-33(26)30(34)37-21-22-10-6-5-7-11-22/h5-7,10-11,20,24,26H,3-4,8-9,12-19,21H2,1-2H3/t24-,26+,31+/m1/s1. The number of amides is 1. The van der Waals surface area contributed by atoms with Gasteiger partial charge < -0.3 is 24.0 Å². The van der Waals surface area contributed by atoms with Gasteiger partial charge >= 0.3 is 6.09 Å². The first-order valence-corrected chi connectivity index (χ1v) is 14.3. The van der Waals surface area contributed by atoms with E-state index in [2.05, 4.69) is 29.8 Å². The van der Waals surface area contributed by atoms with E-state index in [4.69, 9.17) is 14.2 Å². The van der Waals surface area contributed by atoms with E-state index in [9.17, 15) is 4.79 Å². The fourth-order valence-corrected chi connectivity index (χ4v) is 7.49. The Bertz CT molecular complexity index is 1140. The molecule has 3 atom stereocenters. The minimum Gasteiger partial charge on any atom is -0.490 e. The SMILES string of the molecule is CCCCOc1cc2c(c3c1OCCN3C)C[C@H]1[C@H]3CCCC[C@@]23CCN1C(=O)OCc1ccccc1. The second-order valence-corrected chi connectivity index (χ2v) is 11.3. The van der Waals surface area contributed by atoms with Crippen LogP contribution in [0.2, 0.25) is 0 Å². The van der Waals surface area contributed by atoms with Crippen LogP contribution in [-0.2, 0) is 23.2 Å². The summed E-state index contributed by atoms with van der Waals surface area (Å²) in [7, 11) is 2.17. The first-order valence-electron chi connectivity index (χ1n) is 14.3. The van der Waals surface area contributed by atoms with Gasteiger partial charge in [-0.25, -0.2) is 4.79 Å². The van der Waals surface area contributed by atoms with E-state index in [0.29, 0.717) is 19.1 Å². The van der Waals surface area contributed by atoms with Crippen molar-refractivity contribution < 1.29 is 19.0 Å². The van der Waals surface area contributed by atoms with Crippen molar-refractivity contribution in [3.63, 3.8) is 0 Å². The van der Waals surface area contributed by atoms with E-state index in [-0.39, 0.29) is 17.6 Å². The topological polar surface area (TPSA) is 51.2 Å². The third-order valence-electron chi connectivity index (χ3n) is 9.29. The minimum atomic E-state index is -0.172. The maximum atomic E-state index is 13.5. The monoisotopic (exact) mass is 504 g/mol. The van der Waals surface area contributed by atoms with Crippen LogP contribution in [0.1, 0.15) is 68.6 Å². The maximum absolute atomic E-state index is 13.5. The number of rotatable bonds is 6. The Labute approximate surface area is 220 Å². The predicted octanol–water partition coefficient (Wildman–Crippen LogP) is 6.09. The summed E-state index contributed by atoms with van der Waals surface area (Å²) in [6.45, 7) is 5.52. The molecular formula is C31H40N2O4. The highest BCUT2D eigenvalue weighted by Gasteiger charge is 2.56. The molecule has 2 aliphatic heterocycles. The molecule has 0 unspecified atom stereocenters. The molecule has 37 heavy (non-hydrogen) atoms. The molecule has 1 amide bonds. The number of hydrogen-bond donors (Lipinski definition) is 0. The van der Waals surface area contributed by atoms with Gasteiger partial charge in [0.15, 0.2) is 11.5 Å². The molecule has 2 heterocycles. The third-order valence-corrected chi connectivity index (χ3v) is 9.29. The zero-order chi connectivity index (χ0) is 25.4. The molecule has 2 bridgehead atoms. The van der Waals surface area contributed by atoms with Crippen molar-refractivity contribution >= 4 is 11.8 Å². The molecule has 2 aromatic carbocycles. The van der Waals surface area contributed by atoms with Crippen LogP contribution in [-0.4, -0.2) is 50.4 Å². The number of benzene rings is 2. The highest BCUT2D eigenvalue weighted by Crippen LogP contribution is 2.60. The van der Waals surface area contributed by atoms with Gasteiger partial charge in [-0.1, -0.05) is 56.5 Å². The van der Waals surface area contributed by atoms with Crippen LogP contribution in [0.25, 0.3) is 0 Å². The van der Waals surface area contributed by atoms with Crippen LogP contribution >= 0.6 is 0 Å². The van der Waals surface area contributed by atoms with Crippen LogP contribution < -0.4 is 14.4 Å². The summed E-state index contributed by atoms with van der Waals surface area (Å²) in [6, 6.07) is 12.5. The van der Waals surface area contributed by atoms with Crippen molar-refractivity contribution in [1.82, 2.24) is 4.90 Å². The van der Waals surface area contributed by atoms with Crippen molar-refractivity contribution in [3.05, 3.63) is 53.1 Å². The first-order chi connectivity index (χ1) is 18.1. The van der Waals surface area contributed by atoms with Crippen LogP contribution in [0.15, 0.2) is 36.4 Å². The summed E-state index contributed by atoms with van der Waals surface area (Å²) >= 11 is 0. The van der Waals surface area contributed by atoms with Crippen molar-refractivity contribution in [2.45, 2.75) is 76.4 Å². The predicted molar refractivity (Wildman–Crippen MR) is 145 cm³/mol. The zero-order valence-electron chi connectivity index (χ0n) is 22.3. The van der Waals surface area contributed by atoms with Gasteiger partial charge in [-0.15, -0.1) is 0 Å². The molecular weight excluding hydrogens is 464 g/mol. The minimum absolute atomic E-state index is 0.100. The molecule has 0 spiro atoms. The Morgan fingerprint density at radius 1 is 1.16 bits per heavy atom. The second kappa shape index (κ2) is 10.1. The molecule has 0 radical (unpaired) electrons. The van der Waals surface area contributed by atoms with Crippen molar-refractivity contribution in [2.24, 2.45) is 5.92 Å². The number of likely N-dealkylation sites (N-methyl/N-ethyl adjacent to an activating group) is 1. The summed E-state index contributed by atoms with van der Waals surface area (Å²) in [5.74, 6) is 2.27. The number of fused-ring (bicyclic) bond motifs is 3. The summed E-state index contributed by atoms with van der Waals surface area (Å²) in [5, 5.41) is 0. The van der Waals surface area contributed by atoms with E-state index in [1.807, 2.05) is 30.3 Å². The van der Waals surface area contributed by atoms with Gasteiger partial charge in [-0.3, -0.25) is 0 Å². The summed E-state index contributed by atoms with van der Waals surface area (Å²) in [4.78, 5) is 17.9. The number of nitrogens with zero attached hydrogens (tertiary/aromatic N) is 2. The zero-order valence-corrected chi connectivity index (χ0v) is 22.3. The van der Waals surface area contributed by atoms with Gasteiger partial charge in [0.1, 0.15) is 13.2 Å². The van der Waals surface area contributed by atoms with E-state index in [1.165, 1.54) is 42.5 Å². The molecule has 6 nitrogen and oxygen atoms in total. The van der Waals surface area contributed by atoms with Gasteiger partial charge in [-0.05, 0) is 60.8 Å². The third kappa shape index (κ3) is 4.22. The fraction of sp³-hybridized carbons (Fsp3) is 0.581. The lowest BCUT2D eigenvalue weighted by Gasteiger charge is -2.59. The van der Waals surface area contributed by atoms with Gasteiger partial charge in [0, 0.05) is 25.0 Å². The summed E-state index contributed by atoms with van der Waals surface area (Å²) < 4.78 is 18.5. The molecule has 1 saturated carbocycles. The molecule has 4 aliphatic rings. The second-order valence-electron chi connectivity index (χ2n) is 11.3. The highest BCUT2D eigenvalue weighted by molar-refractivity contribution is 5.75. The van der Waals surface area contributed by atoms with E-state index < -0.39 is 0 Å². The Morgan fingerprint density at radius 2 is 2.03 bits per heavy atom. The van der Waals surface area contributed by atoms with E-state index in [0.717, 1.165) is 62.4 Å². The molecule has 2 aromatic rings. The Balaban J connectivity index is 1.37. The molecule has 2 aliphatic carbocycles. The quantitative estimate of drug-likeness (QED) is 0.446. The van der Waals surface area contributed by atoms with Crippen LogP contribution in [0.3, 0.4) is 0 Å². The van der Waals surface area contributed by atoms with Gasteiger partial charge in [0.25, 0.3) is 0 Å². The number of ether oxygens (including phenoxy) is 3. The smallest absolute Gasteiger partial charge is 0.410 e. The lowest BCUT2D eigenvalue weighted by Crippen LogP contribution is -2.62. The number of unbranched alkanes of at least 4 members (excludes halogenated alkanes) is 1. The summed E-state index contributed by atoms with van der Waals surface area (Å²) in [6.07, 6.45) is 8.65. The molecule has 2 fully saturated rings. The average molecular weight is 505 g/mol.